The predicted octanol–water partition coefficient (Wildman–Crippen LogP) is 0.782. The molecule has 1 rings (SSSR count). The normalized spacial score (nSPS) is 9.87. The van der Waals surface area contributed by atoms with E-state index in [1.807, 2.05) is 6.92 Å². The van der Waals surface area contributed by atoms with Crippen LogP contribution in [0, 0.1) is 0 Å². The SMILES string of the molecule is CCc1cc(C(=O)N(C)C)c(NC)nn1. The van der Waals surface area contributed by atoms with Crippen LogP contribution in [0.3, 0.4) is 0 Å². The average Bonchev–Trinajstić information content (AvgIpc) is 2.27. The first-order valence-electron chi connectivity index (χ1n) is 4.86. The van der Waals surface area contributed by atoms with Crippen molar-refractivity contribution in [1.29, 1.82) is 0 Å². The maximum absolute atomic E-state index is 11.8. The zero-order chi connectivity index (χ0) is 11.4. The molecule has 0 aliphatic heterocycles. The molecule has 0 atom stereocenters. The topological polar surface area (TPSA) is 58.1 Å². The van der Waals surface area contributed by atoms with Gasteiger partial charge in [-0.15, -0.1) is 5.10 Å². The van der Waals surface area contributed by atoms with E-state index in [1.54, 1.807) is 27.2 Å². The smallest absolute Gasteiger partial charge is 0.257 e. The second-order valence-corrected chi connectivity index (χ2v) is 3.40. The summed E-state index contributed by atoms with van der Waals surface area (Å²) in [4.78, 5) is 13.3. The average molecular weight is 208 g/mol. The first-order valence-corrected chi connectivity index (χ1v) is 4.86. The Morgan fingerprint density at radius 1 is 1.47 bits per heavy atom. The second-order valence-electron chi connectivity index (χ2n) is 3.40. The summed E-state index contributed by atoms with van der Waals surface area (Å²) in [7, 11) is 5.16. The molecule has 1 aromatic rings. The van der Waals surface area contributed by atoms with Crippen molar-refractivity contribution in [3.63, 3.8) is 0 Å². The lowest BCUT2D eigenvalue weighted by Gasteiger charge is -2.13. The lowest BCUT2D eigenvalue weighted by Crippen LogP contribution is -2.23. The molecule has 0 fully saturated rings. The van der Waals surface area contributed by atoms with E-state index in [2.05, 4.69) is 15.5 Å². The molecule has 0 saturated carbocycles. The van der Waals surface area contributed by atoms with Crippen LogP contribution in [-0.2, 0) is 6.42 Å². The quantitative estimate of drug-likeness (QED) is 0.797. The van der Waals surface area contributed by atoms with Crippen molar-refractivity contribution in [3.8, 4) is 0 Å². The van der Waals surface area contributed by atoms with Crippen LogP contribution in [-0.4, -0.2) is 42.1 Å². The highest BCUT2D eigenvalue weighted by atomic mass is 16.2. The molecule has 0 saturated heterocycles. The summed E-state index contributed by atoms with van der Waals surface area (Å²) in [6, 6.07) is 1.78. The number of rotatable bonds is 3. The van der Waals surface area contributed by atoms with E-state index in [-0.39, 0.29) is 5.91 Å². The van der Waals surface area contributed by atoms with Crippen LogP contribution in [0.1, 0.15) is 23.0 Å². The number of hydrogen-bond acceptors (Lipinski definition) is 4. The first kappa shape index (κ1) is 11.4. The molecule has 0 bridgehead atoms. The van der Waals surface area contributed by atoms with Crippen molar-refractivity contribution < 1.29 is 4.79 Å². The second kappa shape index (κ2) is 4.72. The Labute approximate surface area is 89.5 Å². The molecule has 5 heteroatoms. The van der Waals surface area contributed by atoms with Crippen molar-refractivity contribution in [1.82, 2.24) is 15.1 Å². The Morgan fingerprint density at radius 2 is 2.13 bits per heavy atom. The highest BCUT2D eigenvalue weighted by Gasteiger charge is 2.15. The van der Waals surface area contributed by atoms with Crippen LogP contribution >= 0.6 is 0 Å². The summed E-state index contributed by atoms with van der Waals surface area (Å²) in [6.07, 6.45) is 0.769. The fourth-order valence-corrected chi connectivity index (χ4v) is 1.19. The predicted molar refractivity (Wildman–Crippen MR) is 59.0 cm³/mol. The number of carbonyl (C=O) groups excluding carboxylic acids is 1. The van der Waals surface area contributed by atoms with Gasteiger partial charge in [0.25, 0.3) is 5.91 Å². The van der Waals surface area contributed by atoms with Crippen molar-refractivity contribution >= 4 is 11.7 Å². The summed E-state index contributed by atoms with van der Waals surface area (Å²) in [5, 5.41) is 10.8. The number of amides is 1. The minimum Gasteiger partial charge on any atom is -0.371 e. The summed E-state index contributed by atoms with van der Waals surface area (Å²) in [5.41, 5.74) is 1.38. The van der Waals surface area contributed by atoms with E-state index < -0.39 is 0 Å². The van der Waals surface area contributed by atoms with Crippen molar-refractivity contribution in [2.45, 2.75) is 13.3 Å². The Bertz CT molecular complexity index is 362. The molecule has 0 aliphatic rings. The Balaban J connectivity index is 3.17. The first-order chi connectivity index (χ1) is 7.10. The molecule has 1 amide bonds. The van der Waals surface area contributed by atoms with Crippen LogP contribution < -0.4 is 5.32 Å². The van der Waals surface area contributed by atoms with Crippen molar-refractivity contribution in [2.24, 2.45) is 0 Å². The molecule has 5 nitrogen and oxygen atoms in total. The van der Waals surface area contributed by atoms with Gasteiger partial charge in [-0.2, -0.15) is 5.10 Å². The van der Waals surface area contributed by atoms with Gasteiger partial charge in [-0.05, 0) is 12.5 Å². The number of hydrogen-bond donors (Lipinski definition) is 1. The van der Waals surface area contributed by atoms with E-state index in [9.17, 15) is 4.79 Å². The fourth-order valence-electron chi connectivity index (χ4n) is 1.19. The highest BCUT2D eigenvalue weighted by Crippen LogP contribution is 2.13. The molecule has 0 spiro atoms. The summed E-state index contributed by atoms with van der Waals surface area (Å²) >= 11 is 0. The number of anilines is 1. The number of aromatic nitrogens is 2. The van der Waals surface area contributed by atoms with Gasteiger partial charge in [0.05, 0.1) is 11.3 Å². The van der Waals surface area contributed by atoms with Gasteiger partial charge in [-0.3, -0.25) is 4.79 Å². The van der Waals surface area contributed by atoms with Gasteiger partial charge in [0.15, 0.2) is 5.82 Å². The van der Waals surface area contributed by atoms with E-state index in [4.69, 9.17) is 0 Å². The Hall–Kier alpha value is -1.65. The third-order valence-corrected chi connectivity index (χ3v) is 2.08. The minimum atomic E-state index is -0.0658. The zero-order valence-corrected chi connectivity index (χ0v) is 9.53. The van der Waals surface area contributed by atoms with Crippen LogP contribution in [0.15, 0.2) is 6.07 Å². The molecule has 1 aromatic heterocycles. The minimum absolute atomic E-state index is 0.0658. The van der Waals surface area contributed by atoms with Crippen LogP contribution in [0.2, 0.25) is 0 Å². The van der Waals surface area contributed by atoms with E-state index in [1.165, 1.54) is 4.90 Å². The number of carbonyl (C=O) groups is 1. The number of aryl methyl sites for hydroxylation is 1. The molecular formula is C10H16N4O. The van der Waals surface area contributed by atoms with Gasteiger partial charge in [-0.1, -0.05) is 6.92 Å². The third-order valence-electron chi connectivity index (χ3n) is 2.08. The third kappa shape index (κ3) is 2.43. The molecule has 1 N–H and O–H groups in total. The largest absolute Gasteiger partial charge is 0.371 e. The highest BCUT2D eigenvalue weighted by molar-refractivity contribution is 5.98. The summed E-state index contributed by atoms with van der Waals surface area (Å²) in [6.45, 7) is 1.98. The molecular weight excluding hydrogens is 192 g/mol. The van der Waals surface area contributed by atoms with Crippen molar-refractivity contribution in [2.75, 3.05) is 26.5 Å². The van der Waals surface area contributed by atoms with Gasteiger partial charge in [0, 0.05) is 21.1 Å². The van der Waals surface area contributed by atoms with Gasteiger partial charge >= 0.3 is 0 Å². The van der Waals surface area contributed by atoms with E-state index >= 15 is 0 Å². The standard InChI is InChI=1S/C10H16N4O/c1-5-7-6-8(10(15)14(3)4)9(11-2)13-12-7/h6H,5H2,1-4H3,(H,11,13). The molecule has 15 heavy (non-hydrogen) atoms. The molecule has 82 valence electrons. The van der Waals surface area contributed by atoms with E-state index in [0.717, 1.165) is 12.1 Å². The number of nitrogens with one attached hydrogen (secondary N) is 1. The Morgan fingerprint density at radius 3 is 2.60 bits per heavy atom. The molecule has 0 radical (unpaired) electrons. The van der Waals surface area contributed by atoms with Crippen LogP contribution in [0.5, 0.6) is 0 Å². The fraction of sp³-hybridized carbons (Fsp3) is 0.500. The van der Waals surface area contributed by atoms with Crippen LogP contribution in [0.4, 0.5) is 5.82 Å². The molecule has 0 aliphatic carbocycles. The number of nitrogens with zero attached hydrogens (tertiary/aromatic N) is 3. The maximum Gasteiger partial charge on any atom is 0.257 e. The van der Waals surface area contributed by atoms with Gasteiger partial charge in [0.1, 0.15) is 0 Å². The molecule has 1 heterocycles. The lowest BCUT2D eigenvalue weighted by molar-refractivity contribution is 0.0828. The van der Waals surface area contributed by atoms with Crippen LogP contribution in [0.25, 0.3) is 0 Å². The summed E-state index contributed by atoms with van der Waals surface area (Å²) < 4.78 is 0. The van der Waals surface area contributed by atoms with Crippen molar-refractivity contribution in [3.05, 3.63) is 17.3 Å². The van der Waals surface area contributed by atoms with Gasteiger partial charge < -0.3 is 10.2 Å². The Kier molecular flexibility index (Phi) is 3.60. The maximum atomic E-state index is 11.8. The lowest BCUT2D eigenvalue weighted by atomic mass is 10.2. The monoisotopic (exact) mass is 208 g/mol. The van der Waals surface area contributed by atoms with E-state index in [0.29, 0.717) is 11.4 Å². The summed E-state index contributed by atoms with van der Waals surface area (Å²) in [5.74, 6) is 0.454. The molecule has 0 aromatic carbocycles. The van der Waals surface area contributed by atoms with Gasteiger partial charge in [-0.25, -0.2) is 0 Å². The van der Waals surface area contributed by atoms with Gasteiger partial charge in [0.2, 0.25) is 0 Å². The molecule has 0 unspecified atom stereocenters. The zero-order valence-electron chi connectivity index (χ0n) is 9.53.